The minimum Gasteiger partial charge on any atom is -0.308 e. The number of nitriles is 1. The Bertz CT molecular complexity index is 709. The molecule has 1 atom stereocenters. The van der Waals surface area contributed by atoms with E-state index in [0.29, 0.717) is 16.5 Å². The molecule has 0 aliphatic carbocycles. The van der Waals surface area contributed by atoms with Crippen LogP contribution < -0.4 is 0 Å². The highest BCUT2D eigenvalue weighted by molar-refractivity contribution is 7.15. The maximum Gasteiger partial charge on any atom is 0.144 e. The molecule has 18 heavy (non-hydrogen) atoms. The number of hydrogen-bond acceptors (Lipinski definition) is 3. The molecule has 0 bridgehead atoms. The first-order valence-corrected chi connectivity index (χ1v) is 6.02. The summed E-state index contributed by atoms with van der Waals surface area (Å²) in [5, 5.41) is 10.3. The molecule has 0 aliphatic rings. The normalized spacial score (nSPS) is 11.6. The number of fused-ring (bicyclic) bond motifs is 1. The predicted octanol–water partition coefficient (Wildman–Crippen LogP) is 3.48. The molecule has 0 spiro atoms. The van der Waals surface area contributed by atoms with Crippen LogP contribution in [0.15, 0.2) is 23.3 Å². The van der Waals surface area contributed by atoms with Crippen molar-refractivity contribution < 1.29 is 0 Å². The third-order valence-electron chi connectivity index (χ3n) is 2.62. The molecule has 2 heterocycles. The number of nitrogens with zero attached hydrogens (tertiary/aromatic N) is 4. The molecular formula is C12H10ClN4P. The van der Waals surface area contributed by atoms with E-state index in [1.807, 2.05) is 13.0 Å². The Morgan fingerprint density at radius 2 is 2.44 bits per heavy atom. The molecule has 0 aliphatic heterocycles. The number of hydrogen-bond donors (Lipinski definition) is 0. The SMILES string of the molecule is C=Nc1c(/C(Cl)=C\C)c2cc(C#N)ncc2n1P. The van der Waals surface area contributed by atoms with E-state index in [9.17, 15) is 0 Å². The zero-order valence-electron chi connectivity index (χ0n) is 9.68. The molecule has 0 saturated heterocycles. The van der Waals surface area contributed by atoms with Crippen LogP contribution in [0.5, 0.6) is 0 Å². The Morgan fingerprint density at radius 1 is 1.72 bits per heavy atom. The van der Waals surface area contributed by atoms with Crippen LogP contribution in [0.2, 0.25) is 0 Å². The van der Waals surface area contributed by atoms with Crippen LogP contribution in [-0.4, -0.2) is 16.0 Å². The summed E-state index contributed by atoms with van der Waals surface area (Å²) in [7, 11) is 2.54. The summed E-state index contributed by atoms with van der Waals surface area (Å²) in [6.45, 7) is 5.39. The molecule has 0 amide bonds. The highest BCUT2D eigenvalue weighted by atomic mass is 35.5. The smallest absolute Gasteiger partial charge is 0.144 e. The van der Waals surface area contributed by atoms with Crippen molar-refractivity contribution in [2.75, 3.05) is 0 Å². The fraction of sp³-hybridized carbons (Fsp3) is 0.0833. The van der Waals surface area contributed by atoms with Crippen molar-refractivity contribution in [3.63, 3.8) is 0 Å². The van der Waals surface area contributed by atoms with E-state index in [-0.39, 0.29) is 0 Å². The van der Waals surface area contributed by atoms with Crippen molar-refractivity contribution in [1.82, 2.24) is 9.32 Å². The number of rotatable bonds is 2. The first-order chi connectivity index (χ1) is 8.63. The molecule has 0 fully saturated rings. The molecule has 1 unspecified atom stereocenters. The van der Waals surface area contributed by atoms with Crippen LogP contribution in [0.3, 0.4) is 0 Å². The largest absolute Gasteiger partial charge is 0.308 e. The van der Waals surface area contributed by atoms with Crippen molar-refractivity contribution in [3.8, 4) is 6.07 Å². The lowest BCUT2D eigenvalue weighted by molar-refractivity contribution is 1.25. The van der Waals surface area contributed by atoms with Crippen LogP contribution in [0.25, 0.3) is 15.9 Å². The van der Waals surface area contributed by atoms with Gasteiger partial charge in [-0.1, -0.05) is 17.7 Å². The van der Waals surface area contributed by atoms with Gasteiger partial charge in [0, 0.05) is 16.0 Å². The molecule has 2 rings (SSSR count). The van der Waals surface area contributed by atoms with E-state index in [0.717, 1.165) is 16.5 Å². The van der Waals surface area contributed by atoms with Crippen molar-refractivity contribution in [2.45, 2.75) is 6.92 Å². The summed E-state index contributed by atoms with van der Waals surface area (Å²) in [5.74, 6) is 0.634. The average molecular weight is 277 g/mol. The summed E-state index contributed by atoms with van der Waals surface area (Å²) in [5.41, 5.74) is 1.94. The van der Waals surface area contributed by atoms with Crippen LogP contribution >= 0.6 is 21.0 Å². The van der Waals surface area contributed by atoms with Crippen molar-refractivity contribution in [1.29, 1.82) is 5.26 Å². The zero-order valence-corrected chi connectivity index (χ0v) is 11.6. The van der Waals surface area contributed by atoms with Crippen molar-refractivity contribution in [3.05, 3.63) is 29.6 Å². The first kappa shape index (κ1) is 12.8. The van der Waals surface area contributed by atoms with Gasteiger partial charge in [0.1, 0.15) is 17.6 Å². The van der Waals surface area contributed by atoms with Gasteiger partial charge in [0.05, 0.1) is 11.7 Å². The quantitative estimate of drug-likeness (QED) is 0.623. The molecule has 6 heteroatoms. The van der Waals surface area contributed by atoms with Gasteiger partial charge in [-0.05, 0) is 29.1 Å². The summed E-state index contributed by atoms with van der Waals surface area (Å²) in [4.78, 5) is 8.03. The maximum absolute atomic E-state index is 8.91. The summed E-state index contributed by atoms with van der Waals surface area (Å²) in [6.07, 6.45) is 3.40. The monoisotopic (exact) mass is 276 g/mol. The van der Waals surface area contributed by atoms with E-state index in [4.69, 9.17) is 16.9 Å². The first-order valence-electron chi connectivity index (χ1n) is 5.12. The Balaban J connectivity index is 2.96. The molecule has 4 nitrogen and oxygen atoms in total. The second-order valence-electron chi connectivity index (χ2n) is 3.56. The van der Waals surface area contributed by atoms with Gasteiger partial charge in [0.2, 0.25) is 0 Å². The average Bonchev–Trinajstić information content (AvgIpc) is 2.69. The molecule has 0 radical (unpaired) electrons. The van der Waals surface area contributed by atoms with E-state index >= 15 is 0 Å². The maximum atomic E-state index is 8.91. The Labute approximate surface area is 112 Å². The molecule has 90 valence electrons. The third-order valence-corrected chi connectivity index (χ3v) is 3.55. The second kappa shape index (κ2) is 4.89. The molecule has 0 saturated carbocycles. The predicted molar refractivity (Wildman–Crippen MR) is 78.3 cm³/mol. The molecule has 2 aromatic rings. The van der Waals surface area contributed by atoms with E-state index in [1.54, 1.807) is 22.7 Å². The van der Waals surface area contributed by atoms with Crippen LogP contribution in [0.4, 0.5) is 5.82 Å². The summed E-state index contributed by atoms with van der Waals surface area (Å²) < 4.78 is 1.78. The zero-order chi connectivity index (χ0) is 13.3. The molecule has 0 N–H and O–H groups in total. The van der Waals surface area contributed by atoms with Crippen molar-refractivity contribution in [2.24, 2.45) is 4.99 Å². The van der Waals surface area contributed by atoms with Gasteiger partial charge in [-0.25, -0.2) is 9.98 Å². The molecule has 0 aromatic carbocycles. The summed E-state index contributed by atoms with van der Waals surface area (Å²) in [6, 6.07) is 3.71. The van der Waals surface area contributed by atoms with E-state index in [2.05, 4.69) is 26.1 Å². The van der Waals surface area contributed by atoms with Gasteiger partial charge in [0.15, 0.2) is 0 Å². The van der Waals surface area contributed by atoms with E-state index in [1.165, 1.54) is 0 Å². The topological polar surface area (TPSA) is 54.0 Å². The minimum absolute atomic E-state index is 0.343. The van der Waals surface area contributed by atoms with Gasteiger partial charge in [-0.3, -0.25) is 0 Å². The lowest BCUT2D eigenvalue weighted by atomic mass is 10.1. The van der Waals surface area contributed by atoms with Gasteiger partial charge < -0.3 is 4.34 Å². The lowest BCUT2D eigenvalue weighted by Crippen LogP contribution is -1.83. The Morgan fingerprint density at radius 3 is 3.00 bits per heavy atom. The third kappa shape index (κ3) is 1.82. The number of halogens is 1. The molecule has 2 aromatic heterocycles. The highest BCUT2D eigenvalue weighted by Gasteiger charge is 2.17. The molecular weight excluding hydrogens is 267 g/mol. The number of aliphatic imine (C=N–C) groups is 1. The van der Waals surface area contributed by atoms with Crippen LogP contribution in [0.1, 0.15) is 18.2 Å². The van der Waals surface area contributed by atoms with Crippen LogP contribution in [-0.2, 0) is 0 Å². The highest BCUT2D eigenvalue weighted by Crippen LogP contribution is 2.39. The van der Waals surface area contributed by atoms with Crippen molar-refractivity contribution >= 4 is 49.5 Å². The van der Waals surface area contributed by atoms with Gasteiger partial charge in [-0.15, -0.1) is 0 Å². The standard InChI is InChI=1S/C12H10ClN4P/c1-3-9(13)11-8-4-7(5-14)16-6-10(8)17(18)12(11)15-2/h3-4,6H,2,18H2,1H3/b9-3+. The van der Waals surface area contributed by atoms with Gasteiger partial charge in [0.25, 0.3) is 0 Å². The van der Waals surface area contributed by atoms with E-state index < -0.39 is 0 Å². The van der Waals surface area contributed by atoms with Gasteiger partial charge in [-0.2, -0.15) is 5.26 Å². The Hall–Kier alpha value is -1.69. The number of aromatic nitrogens is 2. The van der Waals surface area contributed by atoms with Gasteiger partial charge >= 0.3 is 0 Å². The summed E-state index contributed by atoms with van der Waals surface area (Å²) >= 11 is 6.21. The number of allylic oxidation sites excluding steroid dienone is 1. The van der Waals surface area contributed by atoms with Crippen LogP contribution in [0, 0.1) is 11.3 Å². The Kier molecular flexibility index (Phi) is 3.47. The number of pyridine rings is 1. The second-order valence-corrected chi connectivity index (χ2v) is 4.49. The fourth-order valence-electron chi connectivity index (χ4n) is 1.79. The lowest BCUT2D eigenvalue weighted by Gasteiger charge is -1.99. The minimum atomic E-state index is 0.343. The fourth-order valence-corrected chi connectivity index (χ4v) is 2.39.